The number of nitrogens with zero attached hydrogens (tertiary/aromatic N) is 1. The van der Waals surface area contributed by atoms with Crippen molar-refractivity contribution < 1.29 is 31.5 Å². The molecule has 178 valence electrons. The fourth-order valence-electron chi connectivity index (χ4n) is 3.27. The summed E-state index contributed by atoms with van der Waals surface area (Å²) in [6.45, 7) is 0.0265. The number of carbonyl (C=O) groups excluding carboxylic acids is 2. The quantitative estimate of drug-likeness (QED) is 0.385. The van der Waals surface area contributed by atoms with E-state index in [1.807, 2.05) is 0 Å². The van der Waals surface area contributed by atoms with Crippen molar-refractivity contribution in [2.45, 2.75) is 24.9 Å². The number of rotatable bonds is 8. The number of aldehydes is 1. The monoisotopic (exact) mass is 491 g/mol. The molecule has 3 aromatic rings. The predicted octanol–water partition coefficient (Wildman–Crippen LogP) is 2.91. The standard InChI is InChI=1S/C23H19F3N2O5S/c24-23(25,26)17-2-1-3-19(12-17)28-18(10-11-29)8-9-20(22(28)31)21(30)27-13-15-4-6-16(7-5-15)14-34(32)33/h1-9,11-12H,10,13-14H2,(H,27,30)(H,32,33)/p-1. The summed E-state index contributed by atoms with van der Waals surface area (Å²) in [7, 11) is 0. The molecule has 0 radical (unpaired) electrons. The van der Waals surface area contributed by atoms with Crippen LogP contribution >= 0.6 is 0 Å². The van der Waals surface area contributed by atoms with E-state index in [4.69, 9.17) is 0 Å². The highest BCUT2D eigenvalue weighted by atomic mass is 32.2. The number of hydrogen-bond acceptors (Lipinski definition) is 5. The molecule has 1 heterocycles. The van der Waals surface area contributed by atoms with Gasteiger partial charge in [-0.05, 0) is 41.5 Å². The molecule has 0 aliphatic carbocycles. The minimum Gasteiger partial charge on any atom is -0.772 e. The van der Waals surface area contributed by atoms with Crippen LogP contribution < -0.4 is 10.9 Å². The molecule has 3 rings (SSSR count). The Morgan fingerprint density at radius 3 is 2.35 bits per heavy atom. The van der Waals surface area contributed by atoms with E-state index in [-0.39, 0.29) is 35.7 Å². The maximum atomic E-state index is 13.2. The van der Waals surface area contributed by atoms with Crippen molar-refractivity contribution in [2.24, 2.45) is 0 Å². The Labute approximate surface area is 194 Å². The third kappa shape index (κ3) is 6.06. The Bertz CT molecular complexity index is 1290. The van der Waals surface area contributed by atoms with Crippen molar-refractivity contribution in [3.05, 3.63) is 99.0 Å². The van der Waals surface area contributed by atoms with Crippen molar-refractivity contribution in [3.8, 4) is 5.69 Å². The van der Waals surface area contributed by atoms with E-state index in [9.17, 15) is 36.3 Å². The number of hydrogen-bond donors (Lipinski definition) is 1. The average Bonchev–Trinajstić information content (AvgIpc) is 2.78. The second-order valence-electron chi connectivity index (χ2n) is 7.25. The molecule has 0 aliphatic rings. The number of halogens is 3. The largest absolute Gasteiger partial charge is 0.772 e. The molecule has 0 bridgehead atoms. The van der Waals surface area contributed by atoms with Crippen molar-refractivity contribution >= 4 is 23.3 Å². The smallest absolute Gasteiger partial charge is 0.416 e. The molecule has 1 N–H and O–H groups in total. The summed E-state index contributed by atoms with van der Waals surface area (Å²) < 4.78 is 61.9. The number of amides is 1. The summed E-state index contributed by atoms with van der Waals surface area (Å²) in [5.74, 6) is -0.900. The Hall–Kier alpha value is -3.57. The number of carbonyl (C=O) groups is 2. The van der Waals surface area contributed by atoms with Gasteiger partial charge in [0.05, 0.1) is 5.56 Å². The highest BCUT2D eigenvalue weighted by molar-refractivity contribution is 7.78. The normalized spacial score (nSPS) is 12.2. The maximum absolute atomic E-state index is 13.2. The molecule has 2 aromatic carbocycles. The van der Waals surface area contributed by atoms with Crippen LogP contribution in [0.15, 0.2) is 65.5 Å². The summed E-state index contributed by atoms with van der Waals surface area (Å²) >= 11 is -2.23. The van der Waals surface area contributed by atoms with E-state index in [1.54, 1.807) is 24.3 Å². The van der Waals surface area contributed by atoms with Crippen molar-refractivity contribution in [1.82, 2.24) is 9.88 Å². The molecule has 1 atom stereocenters. The van der Waals surface area contributed by atoms with E-state index >= 15 is 0 Å². The van der Waals surface area contributed by atoms with Gasteiger partial charge in [-0.2, -0.15) is 13.2 Å². The number of benzene rings is 2. The lowest BCUT2D eigenvalue weighted by Gasteiger charge is -2.15. The molecule has 0 spiro atoms. The van der Waals surface area contributed by atoms with E-state index in [1.165, 1.54) is 18.2 Å². The van der Waals surface area contributed by atoms with Crippen LogP contribution in [0, 0.1) is 0 Å². The predicted molar refractivity (Wildman–Crippen MR) is 117 cm³/mol. The fraction of sp³-hybridized carbons (Fsp3) is 0.174. The molecule has 0 fully saturated rings. The average molecular weight is 491 g/mol. The van der Waals surface area contributed by atoms with Crippen molar-refractivity contribution in [3.63, 3.8) is 0 Å². The lowest BCUT2D eigenvalue weighted by Crippen LogP contribution is -2.33. The van der Waals surface area contributed by atoms with Gasteiger partial charge in [0.15, 0.2) is 0 Å². The van der Waals surface area contributed by atoms with Gasteiger partial charge in [-0.25, -0.2) is 0 Å². The van der Waals surface area contributed by atoms with Crippen LogP contribution in [0.3, 0.4) is 0 Å². The lowest BCUT2D eigenvalue weighted by molar-refractivity contribution is -0.137. The molecule has 0 saturated heterocycles. The van der Waals surface area contributed by atoms with Gasteiger partial charge in [0.25, 0.3) is 11.5 Å². The van der Waals surface area contributed by atoms with Gasteiger partial charge >= 0.3 is 6.18 Å². The highest BCUT2D eigenvalue weighted by Gasteiger charge is 2.31. The third-order valence-corrected chi connectivity index (χ3v) is 5.46. The van der Waals surface area contributed by atoms with Crippen LogP contribution in [0.4, 0.5) is 13.2 Å². The van der Waals surface area contributed by atoms with E-state index in [2.05, 4.69) is 5.32 Å². The Morgan fingerprint density at radius 2 is 1.74 bits per heavy atom. The molecule has 1 aromatic heterocycles. The zero-order valence-electron chi connectivity index (χ0n) is 17.5. The van der Waals surface area contributed by atoms with Gasteiger partial charge in [0.2, 0.25) is 0 Å². The lowest BCUT2D eigenvalue weighted by atomic mass is 10.1. The molecule has 34 heavy (non-hydrogen) atoms. The van der Waals surface area contributed by atoms with Gasteiger partial charge in [-0.15, -0.1) is 0 Å². The number of alkyl halides is 3. The van der Waals surface area contributed by atoms with E-state index in [0.29, 0.717) is 17.4 Å². The number of aromatic nitrogens is 1. The van der Waals surface area contributed by atoms with Crippen LogP contribution in [0.2, 0.25) is 0 Å². The van der Waals surface area contributed by atoms with Crippen LogP contribution in [0.1, 0.15) is 32.7 Å². The molecule has 0 aliphatic heterocycles. The Balaban J connectivity index is 1.90. The molecule has 1 unspecified atom stereocenters. The topological polar surface area (TPSA) is 108 Å². The summed E-state index contributed by atoms with van der Waals surface area (Å²) in [5.41, 5.74) is -0.953. The van der Waals surface area contributed by atoms with Gasteiger partial charge in [0.1, 0.15) is 11.8 Å². The number of nitrogens with one attached hydrogen (secondary N) is 1. The maximum Gasteiger partial charge on any atom is 0.416 e. The van der Waals surface area contributed by atoms with Crippen molar-refractivity contribution in [1.29, 1.82) is 0 Å². The Kier molecular flexibility index (Phi) is 7.79. The van der Waals surface area contributed by atoms with Crippen LogP contribution in [-0.4, -0.2) is 25.5 Å². The van der Waals surface area contributed by atoms with Crippen LogP contribution in [0.25, 0.3) is 5.69 Å². The zero-order chi connectivity index (χ0) is 24.9. The first-order valence-corrected chi connectivity index (χ1v) is 11.1. The molecule has 0 saturated carbocycles. The molecular formula is C23H18F3N2O5S-. The van der Waals surface area contributed by atoms with E-state index in [0.717, 1.165) is 22.8 Å². The van der Waals surface area contributed by atoms with Gasteiger partial charge in [-0.1, -0.05) is 41.4 Å². The third-order valence-electron chi connectivity index (χ3n) is 4.89. The molecule has 1 amide bonds. The molecule has 7 nitrogen and oxygen atoms in total. The van der Waals surface area contributed by atoms with Crippen LogP contribution in [0.5, 0.6) is 0 Å². The SMILES string of the molecule is O=CCc1ccc(C(=O)NCc2ccc(CS(=O)[O-])cc2)c(=O)n1-c1cccc(C(F)(F)F)c1. The minimum atomic E-state index is -4.64. The molecule has 11 heteroatoms. The molecular weight excluding hydrogens is 473 g/mol. The van der Waals surface area contributed by atoms with E-state index < -0.39 is 34.3 Å². The summed E-state index contributed by atoms with van der Waals surface area (Å²) in [6.07, 6.45) is -4.38. The van der Waals surface area contributed by atoms with Crippen LogP contribution in [-0.2, 0) is 40.8 Å². The first-order chi connectivity index (χ1) is 16.1. The zero-order valence-corrected chi connectivity index (χ0v) is 18.3. The van der Waals surface area contributed by atoms with Crippen molar-refractivity contribution in [2.75, 3.05) is 0 Å². The van der Waals surface area contributed by atoms with Gasteiger partial charge < -0.3 is 14.7 Å². The second kappa shape index (κ2) is 10.6. The number of pyridine rings is 1. The summed E-state index contributed by atoms with van der Waals surface area (Å²) in [5, 5.41) is 2.56. The fourth-order valence-corrected chi connectivity index (χ4v) is 3.73. The Morgan fingerprint density at radius 1 is 1.06 bits per heavy atom. The second-order valence-corrected chi connectivity index (χ2v) is 8.14. The first kappa shape index (κ1) is 25.1. The summed E-state index contributed by atoms with van der Waals surface area (Å²) in [6, 6.07) is 13.0. The minimum absolute atomic E-state index is 0.0265. The van der Waals surface area contributed by atoms with Gasteiger partial charge in [-0.3, -0.25) is 18.4 Å². The first-order valence-electron chi connectivity index (χ1n) is 9.88. The summed E-state index contributed by atoms with van der Waals surface area (Å²) in [4.78, 5) is 36.8. The van der Waals surface area contributed by atoms with Gasteiger partial charge in [0, 0.05) is 30.1 Å². The highest BCUT2D eigenvalue weighted by Crippen LogP contribution is 2.30.